The smallest absolute Gasteiger partial charge is 0.244 e. The Morgan fingerprint density at radius 3 is 2.70 bits per heavy atom. The van der Waals surface area contributed by atoms with E-state index >= 15 is 0 Å². The fraction of sp³-hybridized carbons (Fsp3) is 0.0667. The molecule has 4 nitrogen and oxygen atoms in total. The Hall–Kier alpha value is -2.40. The Kier molecular flexibility index (Phi) is 3.60. The zero-order valence-electron chi connectivity index (χ0n) is 10.7. The van der Waals surface area contributed by atoms with Crippen molar-refractivity contribution >= 4 is 22.9 Å². The van der Waals surface area contributed by atoms with E-state index in [9.17, 15) is 4.79 Å². The topological polar surface area (TPSA) is 46.9 Å². The van der Waals surface area contributed by atoms with Gasteiger partial charge >= 0.3 is 0 Å². The minimum Gasteiger partial charge on any atom is -0.328 e. The number of carbonyl (C=O) groups is 1. The molecule has 2 heterocycles. The van der Waals surface area contributed by atoms with Gasteiger partial charge in [0.05, 0.1) is 6.33 Å². The lowest BCUT2D eigenvalue weighted by Gasteiger charge is -2.06. The second kappa shape index (κ2) is 5.71. The average molecular weight is 283 g/mol. The van der Waals surface area contributed by atoms with Gasteiger partial charge in [-0.05, 0) is 40.1 Å². The van der Waals surface area contributed by atoms with Gasteiger partial charge in [-0.25, -0.2) is 4.98 Å². The van der Waals surface area contributed by atoms with E-state index in [0.29, 0.717) is 0 Å². The number of imidazole rings is 1. The molecule has 0 aliphatic carbocycles. The molecule has 2 aromatic heterocycles. The predicted molar refractivity (Wildman–Crippen MR) is 80.6 cm³/mol. The van der Waals surface area contributed by atoms with Crippen LogP contribution in [-0.4, -0.2) is 15.5 Å². The van der Waals surface area contributed by atoms with Gasteiger partial charge < -0.3 is 9.88 Å². The van der Waals surface area contributed by atoms with Crippen LogP contribution in [0.15, 0.2) is 59.8 Å². The minimum absolute atomic E-state index is 0.0636. The van der Waals surface area contributed by atoms with Gasteiger partial charge in [-0.1, -0.05) is 12.1 Å². The fourth-order valence-corrected chi connectivity index (χ4v) is 2.59. The summed E-state index contributed by atoms with van der Waals surface area (Å²) >= 11 is 1.67. The molecule has 20 heavy (non-hydrogen) atoms. The van der Waals surface area contributed by atoms with Crippen molar-refractivity contribution in [3.63, 3.8) is 0 Å². The van der Waals surface area contributed by atoms with Gasteiger partial charge in [0.2, 0.25) is 5.91 Å². The van der Waals surface area contributed by atoms with Gasteiger partial charge in [0.1, 0.15) is 6.54 Å². The summed E-state index contributed by atoms with van der Waals surface area (Å²) in [5.74, 6) is -0.0636. The highest BCUT2D eigenvalue weighted by molar-refractivity contribution is 7.08. The van der Waals surface area contributed by atoms with Crippen LogP contribution in [0.5, 0.6) is 0 Å². The summed E-state index contributed by atoms with van der Waals surface area (Å²) in [6.45, 7) is 0.270. The molecule has 0 spiro atoms. The summed E-state index contributed by atoms with van der Waals surface area (Å²) in [5, 5.41) is 7.02. The third-order valence-corrected chi connectivity index (χ3v) is 3.59. The molecular weight excluding hydrogens is 270 g/mol. The Balaban J connectivity index is 1.65. The molecule has 3 rings (SSSR count). The number of hydrogen-bond acceptors (Lipinski definition) is 3. The van der Waals surface area contributed by atoms with Crippen LogP contribution in [0.1, 0.15) is 0 Å². The van der Waals surface area contributed by atoms with E-state index in [1.54, 1.807) is 34.6 Å². The lowest BCUT2D eigenvalue weighted by Crippen LogP contribution is -2.17. The van der Waals surface area contributed by atoms with E-state index in [2.05, 4.69) is 27.1 Å². The van der Waals surface area contributed by atoms with Crippen molar-refractivity contribution in [2.45, 2.75) is 6.54 Å². The monoisotopic (exact) mass is 283 g/mol. The summed E-state index contributed by atoms with van der Waals surface area (Å²) in [6, 6.07) is 9.93. The molecule has 0 fully saturated rings. The largest absolute Gasteiger partial charge is 0.328 e. The molecule has 0 bridgehead atoms. The molecule has 1 amide bonds. The molecule has 1 N–H and O–H groups in total. The van der Waals surface area contributed by atoms with E-state index in [1.807, 2.05) is 24.3 Å². The number of benzene rings is 1. The third-order valence-electron chi connectivity index (χ3n) is 2.91. The van der Waals surface area contributed by atoms with Gasteiger partial charge in [0.25, 0.3) is 0 Å². The van der Waals surface area contributed by atoms with Crippen molar-refractivity contribution in [1.29, 1.82) is 0 Å². The highest BCUT2D eigenvalue weighted by Gasteiger charge is 2.04. The van der Waals surface area contributed by atoms with Gasteiger partial charge in [-0.15, -0.1) is 0 Å². The van der Waals surface area contributed by atoms with Crippen LogP contribution in [0.2, 0.25) is 0 Å². The van der Waals surface area contributed by atoms with Gasteiger partial charge in [-0.2, -0.15) is 11.3 Å². The highest BCUT2D eigenvalue weighted by atomic mass is 32.1. The van der Waals surface area contributed by atoms with E-state index < -0.39 is 0 Å². The fourth-order valence-electron chi connectivity index (χ4n) is 1.92. The maximum absolute atomic E-state index is 11.8. The maximum atomic E-state index is 11.8. The zero-order chi connectivity index (χ0) is 13.8. The van der Waals surface area contributed by atoms with Crippen LogP contribution in [0.4, 0.5) is 5.69 Å². The summed E-state index contributed by atoms with van der Waals surface area (Å²) in [6.07, 6.45) is 5.04. The Bertz CT molecular complexity index is 673. The van der Waals surface area contributed by atoms with Gasteiger partial charge in [0.15, 0.2) is 0 Å². The molecule has 3 aromatic rings. The minimum atomic E-state index is -0.0636. The van der Waals surface area contributed by atoms with E-state index in [4.69, 9.17) is 0 Å². The van der Waals surface area contributed by atoms with Gasteiger partial charge in [-0.3, -0.25) is 4.79 Å². The molecule has 0 saturated heterocycles. The number of hydrogen-bond donors (Lipinski definition) is 1. The van der Waals surface area contributed by atoms with Crippen molar-refractivity contribution in [2.75, 3.05) is 5.32 Å². The molecular formula is C15H13N3OS. The number of thiophene rings is 1. The number of nitrogens with one attached hydrogen (secondary N) is 1. The Labute approximate surface area is 120 Å². The van der Waals surface area contributed by atoms with Crippen LogP contribution >= 0.6 is 11.3 Å². The van der Waals surface area contributed by atoms with Crippen molar-refractivity contribution < 1.29 is 4.79 Å². The van der Waals surface area contributed by atoms with Crippen LogP contribution in [0, 0.1) is 0 Å². The number of nitrogens with zero attached hydrogens (tertiary/aromatic N) is 2. The van der Waals surface area contributed by atoms with Crippen molar-refractivity contribution in [1.82, 2.24) is 9.55 Å². The second-order valence-electron chi connectivity index (χ2n) is 4.37. The predicted octanol–water partition coefficient (Wildman–Crippen LogP) is 3.25. The first-order chi connectivity index (χ1) is 9.81. The number of carbonyl (C=O) groups excluding carboxylic acids is 1. The third kappa shape index (κ3) is 2.95. The summed E-state index contributed by atoms with van der Waals surface area (Å²) in [7, 11) is 0. The standard InChI is InChI=1S/C15H13N3OS/c19-15(9-18-7-6-16-11-18)17-14-3-1-12(2-4-14)13-5-8-20-10-13/h1-8,10-11H,9H2,(H,17,19). The quantitative estimate of drug-likeness (QED) is 0.799. The SMILES string of the molecule is O=C(Cn1ccnc1)Nc1ccc(-c2ccsc2)cc1. The van der Waals surface area contributed by atoms with Crippen LogP contribution < -0.4 is 5.32 Å². The molecule has 0 aliphatic rings. The highest BCUT2D eigenvalue weighted by Crippen LogP contribution is 2.23. The molecule has 100 valence electrons. The molecule has 0 unspecified atom stereocenters. The number of anilines is 1. The van der Waals surface area contributed by atoms with Crippen molar-refractivity contribution in [3.8, 4) is 11.1 Å². The number of rotatable bonds is 4. The summed E-state index contributed by atoms with van der Waals surface area (Å²) in [5.41, 5.74) is 3.15. The molecule has 0 aliphatic heterocycles. The van der Waals surface area contributed by atoms with E-state index in [1.165, 1.54) is 5.56 Å². The average Bonchev–Trinajstić information content (AvgIpc) is 3.12. The van der Waals surface area contributed by atoms with E-state index in [0.717, 1.165) is 11.3 Å². The Morgan fingerprint density at radius 2 is 2.05 bits per heavy atom. The van der Waals surface area contributed by atoms with Crippen LogP contribution in [-0.2, 0) is 11.3 Å². The molecule has 5 heteroatoms. The zero-order valence-corrected chi connectivity index (χ0v) is 11.5. The Morgan fingerprint density at radius 1 is 1.20 bits per heavy atom. The first-order valence-electron chi connectivity index (χ1n) is 6.19. The normalized spacial score (nSPS) is 10.4. The molecule has 0 saturated carbocycles. The number of amides is 1. The molecule has 0 radical (unpaired) electrons. The number of aromatic nitrogens is 2. The van der Waals surface area contributed by atoms with Crippen molar-refractivity contribution in [2.24, 2.45) is 0 Å². The summed E-state index contributed by atoms with van der Waals surface area (Å²) < 4.78 is 1.73. The van der Waals surface area contributed by atoms with Crippen LogP contribution in [0.3, 0.4) is 0 Å². The van der Waals surface area contributed by atoms with Crippen LogP contribution in [0.25, 0.3) is 11.1 Å². The lowest BCUT2D eigenvalue weighted by atomic mass is 10.1. The van der Waals surface area contributed by atoms with Crippen molar-refractivity contribution in [3.05, 3.63) is 59.8 Å². The molecule has 1 aromatic carbocycles. The first kappa shape index (κ1) is 12.6. The van der Waals surface area contributed by atoms with Gasteiger partial charge in [0, 0.05) is 18.1 Å². The second-order valence-corrected chi connectivity index (χ2v) is 5.15. The molecule has 0 atom stereocenters. The first-order valence-corrected chi connectivity index (χ1v) is 7.14. The summed E-state index contributed by atoms with van der Waals surface area (Å²) in [4.78, 5) is 15.7. The van der Waals surface area contributed by atoms with E-state index in [-0.39, 0.29) is 12.5 Å². The lowest BCUT2D eigenvalue weighted by molar-refractivity contribution is -0.116. The maximum Gasteiger partial charge on any atom is 0.244 e.